The molecule has 0 bridgehead atoms. The van der Waals surface area contributed by atoms with Crippen molar-refractivity contribution in [2.45, 2.75) is 17.9 Å². The molecule has 3 rings (SSSR count). The van der Waals surface area contributed by atoms with Gasteiger partial charge in [0, 0.05) is 4.90 Å². The molecule has 126 valence electrons. The number of nitrogens with one attached hydrogen (secondary N) is 1. The van der Waals surface area contributed by atoms with Crippen molar-refractivity contribution in [3.8, 4) is 6.07 Å². The number of amides is 2. The number of hydrogen-bond acceptors (Lipinski definition) is 4. The first kappa shape index (κ1) is 17.1. The minimum atomic E-state index is -0.216. The number of benzene rings is 2. The standard InChI is InChI=1S/C19H17N3O2S/c1-13(15-8-6-14(10-20)7-9-15)21-18(23)11-22-16-4-2-3-5-17(16)25-12-19(22)24/h2-9,13H,11-12H2,1H3,(H,21,23). The number of nitriles is 1. The fourth-order valence-electron chi connectivity index (χ4n) is 2.69. The molecule has 1 aliphatic heterocycles. The Balaban J connectivity index is 1.68. The van der Waals surface area contributed by atoms with Gasteiger partial charge >= 0.3 is 0 Å². The minimum Gasteiger partial charge on any atom is -0.348 e. The summed E-state index contributed by atoms with van der Waals surface area (Å²) in [6.07, 6.45) is 0. The average Bonchev–Trinajstić information content (AvgIpc) is 2.64. The Morgan fingerprint density at radius 2 is 2.00 bits per heavy atom. The molecule has 1 unspecified atom stereocenters. The summed E-state index contributed by atoms with van der Waals surface area (Å²) in [6, 6.07) is 16.6. The molecule has 0 saturated carbocycles. The highest BCUT2D eigenvalue weighted by atomic mass is 32.2. The first-order valence-electron chi connectivity index (χ1n) is 7.90. The highest BCUT2D eigenvalue weighted by molar-refractivity contribution is 8.00. The molecule has 1 N–H and O–H groups in total. The number of carbonyl (C=O) groups excluding carboxylic acids is 2. The lowest BCUT2D eigenvalue weighted by Gasteiger charge is -2.28. The van der Waals surface area contributed by atoms with Crippen LogP contribution < -0.4 is 10.2 Å². The van der Waals surface area contributed by atoms with Crippen molar-refractivity contribution in [3.05, 3.63) is 59.7 Å². The molecule has 0 radical (unpaired) electrons. The third-order valence-corrected chi connectivity index (χ3v) is 5.07. The summed E-state index contributed by atoms with van der Waals surface area (Å²) in [5, 5.41) is 11.8. The summed E-state index contributed by atoms with van der Waals surface area (Å²) >= 11 is 1.49. The van der Waals surface area contributed by atoms with Gasteiger partial charge in [-0.15, -0.1) is 11.8 Å². The SMILES string of the molecule is CC(NC(=O)CN1C(=O)CSc2ccccc21)c1ccc(C#N)cc1. The lowest BCUT2D eigenvalue weighted by molar-refractivity contribution is -0.123. The van der Waals surface area contributed by atoms with Gasteiger partial charge < -0.3 is 10.2 Å². The molecule has 0 saturated heterocycles. The van der Waals surface area contributed by atoms with Crippen LogP contribution in [0.5, 0.6) is 0 Å². The second-order valence-electron chi connectivity index (χ2n) is 5.76. The normalized spacial score (nSPS) is 14.4. The molecule has 0 aliphatic carbocycles. The third-order valence-electron chi connectivity index (χ3n) is 4.03. The fraction of sp³-hybridized carbons (Fsp3) is 0.211. The number of para-hydroxylation sites is 1. The smallest absolute Gasteiger partial charge is 0.240 e. The molecule has 1 aliphatic rings. The van der Waals surface area contributed by atoms with Crippen molar-refractivity contribution < 1.29 is 9.59 Å². The summed E-state index contributed by atoms with van der Waals surface area (Å²) < 4.78 is 0. The van der Waals surface area contributed by atoms with E-state index in [1.54, 1.807) is 12.1 Å². The second kappa shape index (κ2) is 7.41. The molecule has 0 aromatic heterocycles. The van der Waals surface area contributed by atoms with E-state index in [-0.39, 0.29) is 24.4 Å². The number of anilines is 1. The largest absolute Gasteiger partial charge is 0.348 e. The number of nitrogens with zero attached hydrogens (tertiary/aromatic N) is 2. The minimum absolute atomic E-state index is 0.00295. The Morgan fingerprint density at radius 1 is 1.28 bits per heavy atom. The van der Waals surface area contributed by atoms with Gasteiger partial charge in [-0.1, -0.05) is 24.3 Å². The first-order chi connectivity index (χ1) is 12.1. The van der Waals surface area contributed by atoms with Crippen LogP contribution in [0.3, 0.4) is 0 Å². The molecule has 25 heavy (non-hydrogen) atoms. The predicted octanol–water partition coefficient (Wildman–Crippen LogP) is 2.87. The summed E-state index contributed by atoms with van der Waals surface area (Å²) in [4.78, 5) is 27.2. The van der Waals surface area contributed by atoms with E-state index in [1.807, 2.05) is 43.3 Å². The Kier molecular flexibility index (Phi) is 5.05. The van der Waals surface area contributed by atoms with Gasteiger partial charge in [0.2, 0.25) is 11.8 Å². The van der Waals surface area contributed by atoms with Crippen molar-refractivity contribution in [1.82, 2.24) is 5.32 Å². The van der Waals surface area contributed by atoms with E-state index in [0.717, 1.165) is 16.1 Å². The van der Waals surface area contributed by atoms with Crippen LogP contribution in [0.25, 0.3) is 0 Å². The van der Waals surface area contributed by atoms with Crippen LogP contribution in [0.15, 0.2) is 53.4 Å². The summed E-state index contributed by atoms with van der Waals surface area (Å²) in [5.41, 5.74) is 2.27. The van der Waals surface area contributed by atoms with E-state index < -0.39 is 0 Å². The molecular weight excluding hydrogens is 334 g/mol. The first-order valence-corrected chi connectivity index (χ1v) is 8.88. The molecular formula is C19H17N3O2S. The van der Waals surface area contributed by atoms with Crippen LogP contribution in [-0.2, 0) is 9.59 Å². The summed E-state index contributed by atoms with van der Waals surface area (Å²) in [5.74, 6) is 0.0620. The highest BCUT2D eigenvalue weighted by Crippen LogP contribution is 2.34. The molecule has 6 heteroatoms. The van der Waals surface area contributed by atoms with Gasteiger partial charge in [-0.2, -0.15) is 5.26 Å². The fourth-order valence-corrected chi connectivity index (χ4v) is 3.62. The predicted molar refractivity (Wildman–Crippen MR) is 97.2 cm³/mol. The maximum absolute atomic E-state index is 12.4. The summed E-state index contributed by atoms with van der Waals surface area (Å²) in [6.45, 7) is 1.87. The Hall–Kier alpha value is -2.78. The number of carbonyl (C=O) groups is 2. The van der Waals surface area contributed by atoms with Gasteiger partial charge in [0.15, 0.2) is 0 Å². The lowest BCUT2D eigenvalue weighted by atomic mass is 10.1. The van der Waals surface area contributed by atoms with Crippen LogP contribution >= 0.6 is 11.8 Å². The quantitative estimate of drug-likeness (QED) is 0.919. The van der Waals surface area contributed by atoms with Gasteiger partial charge in [0.05, 0.1) is 29.1 Å². The van der Waals surface area contributed by atoms with Crippen LogP contribution in [0.2, 0.25) is 0 Å². The van der Waals surface area contributed by atoms with E-state index in [0.29, 0.717) is 11.3 Å². The molecule has 0 fully saturated rings. The van der Waals surface area contributed by atoms with E-state index in [9.17, 15) is 9.59 Å². The van der Waals surface area contributed by atoms with E-state index >= 15 is 0 Å². The third kappa shape index (κ3) is 3.83. The zero-order chi connectivity index (χ0) is 17.8. The monoisotopic (exact) mass is 351 g/mol. The Labute approximate surface area is 150 Å². The van der Waals surface area contributed by atoms with E-state index in [1.165, 1.54) is 16.7 Å². The van der Waals surface area contributed by atoms with Crippen LogP contribution in [0, 0.1) is 11.3 Å². The van der Waals surface area contributed by atoms with Gasteiger partial charge in [0.1, 0.15) is 6.54 Å². The van der Waals surface area contributed by atoms with Gasteiger partial charge in [0.25, 0.3) is 0 Å². The Morgan fingerprint density at radius 3 is 2.72 bits per heavy atom. The van der Waals surface area contributed by atoms with Crippen molar-refractivity contribution in [1.29, 1.82) is 5.26 Å². The molecule has 2 aromatic rings. The van der Waals surface area contributed by atoms with Crippen LogP contribution in [-0.4, -0.2) is 24.1 Å². The molecule has 2 amide bonds. The highest BCUT2D eigenvalue weighted by Gasteiger charge is 2.26. The topological polar surface area (TPSA) is 73.2 Å². The number of fused-ring (bicyclic) bond motifs is 1. The zero-order valence-corrected chi connectivity index (χ0v) is 14.5. The Bertz CT molecular complexity index is 842. The molecule has 1 atom stereocenters. The van der Waals surface area contributed by atoms with Crippen LogP contribution in [0.1, 0.15) is 24.1 Å². The zero-order valence-electron chi connectivity index (χ0n) is 13.7. The molecule has 0 spiro atoms. The van der Waals surface area contributed by atoms with Crippen molar-refractivity contribution in [2.24, 2.45) is 0 Å². The van der Waals surface area contributed by atoms with E-state index in [4.69, 9.17) is 5.26 Å². The molecule has 2 aromatic carbocycles. The maximum atomic E-state index is 12.4. The van der Waals surface area contributed by atoms with Gasteiger partial charge in [-0.25, -0.2) is 0 Å². The van der Waals surface area contributed by atoms with Crippen LogP contribution in [0.4, 0.5) is 5.69 Å². The van der Waals surface area contributed by atoms with E-state index in [2.05, 4.69) is 11.4 Å². The van der Waals surface area contributed by atoms with Crippen molar-refractivity contribution in [3.63, 3.8) is 0 Å². The number of thioether (sulfide) groups is 1. The maximum Gasteiger partial charge on any atom is 0.240 e. The van der Waals surface area contributed by atoms with Crippen molar-refractivity contribution >= 4 is 29.3 Å². The second-order valence-corrected chi connectivity index (χ2v) is 6.78. The lowest BCUT2D eigenvalue weighted by Crippen LogP contribution is -2.43. The molecule has 1 heterocycles. The van der Waals surface area contributed by atoms with Gasteiger partial charge in [-0.05, 0) is 36.8 Å². The van der Waals surface area contributed by atoms with Crippen molar-refractivity contribution in [2.75, 3.05) is 17.2 Å². The number of hydrogen-bond donors (Lipinski definition) is 1. The summed E-state index contributed by atoms with van der Waals surface area (Å²) in [7, 11) is 0. The molecule has 5 nitrogen and oxygen atoms in total. The number of rotatable bonds is 4. The van der Waals surface area contributed by atoms with Gasteiger partial charge in [-0.3, -0.25) is 9.59 Å². The average molecular weight is 351 g/mol.